The number of rotatable bonds is 4. The molecule has 1 aliphatic carbocycles. The molecule has 2 atom stereocenters. The summed E-state index contributed by atoms with van der Waals surface area (Å²) in [5.41, 5.74) is 3.04. The zero-order chi connectivity index (χ0) is 17.3. The van der Waals surface area contributed by atoms with Gasteiger partial charge in [-0.25, -0.2) is 15.0 Å². The molecule has 1 aliphatic rings. The molecule has 0 radical (unpaired) electrons. The Morgan fingerprint density at radius 2 is 2.04 bits per heavy atom. The van der Waals surface area contributed by atoms with Crippen molar-refractivity contribution in [3.05, 3.63) is 53.2 Å². The first-order chi connectivity index (χ1) is 12.9. The fraction of sp³-hybridized carbons (Fsp3) is 0.263. The summed E-state index contributed by atoms with van der Waals surface area (Å²) in [5.74, 6) is 1.37. The second kappa shape index (κ2) is 6.49. The minimum atomic E-state index is 0.400. The van der Waals surface area contributed by atoms with E-state index in [1.165, 1.54) is 10.6 Å². The van der Waals surface area contributed by atoms with Crippen molar-refractivity contribution in [2.75, 3.05) is 5.32 Å². The molecule has 4 aromatic rings. The van der Waals surface area contributed by atoms with E-state index >= 15 is 0 Å². The monoisotopic (exact) mass is 362 g/mol. The predicted molar refractivity (Wildman–Crippen MR) is 103 cm³/mol. The molecule has 6 nitrogen and oxygen atoms in total. The lowest BCUT2D eigenvalue weighted by atomic mass is 10.1. The highest BCUT2D eigenvalue weighted by molar-refractivity contribution is 7.10. The van der Waals surface area contributed by atoms with E-state index in [0.717, 1.165) is 41.8 Å². The maximum absolute atomic E-state index is 4.90. The van der Waals surface area contributed by atoms with Crippen molar-refractivity contribution in [3.8, 4) is 11.3 Å². The average Bonchev–Trinajstić information content (AvgIpc) is 3.43. The van der Waals surface area contributed by atoms with Gasteiger partial charge in [0.05, 0.1) is 22.3 Å². The van der Waals surface area contributed by atoms with Crippen LogP contribution in [0, 0.1) is 0 Å². The third-order valence-corrected chi connectivity index (χ3v) is 5.97. The number of nitrogens with one attached hydrogen (secondary N) is 2. The molecule has 2 N–H and O–H groups in total. The van der Waals surface area contributed by atoms with Crippen LogP contribution in [-0.4, -0.2) is 31.2 Å². The molecule has 0 spiro atoms. The number of benzene rings is 1. The van der Waals surface area contributed by atoms with Crippen molar-refractivity contribution < 1.29 is 0 Å². The topological polar surface area (TPSA) is 79.4 Å². The van der Waals surface area contributed by atoms with Gasteiger partial charge in [-0.3, -0.25) is 5.10 Å². The summed E-state index contributed by atoms with van der Waals surface area (Å²) in [6, 6.07) is 10.8. The molecule has 1 aromatic carbocycles. The first-order valence-corrected chi connectivity index (χ1v) is 9.66. The number of aromatic nitrogens is 5. The Morgan fingerprint density at radius 1 is 1.12 bits per heavy atom. The van der Waals surface area contributed by atoms with Gasteiger partial charge in [-0.15, -0.1) is 11.3 Å². The first kappa shape index (κ1) is 15.5. The summed E-state index contributed by atoms with van der Waals surface area (Å²) in [4.78, 5) is 13.5. The van der Waals surface area contributed by atoms with Gasteiger partial charge in [0.1, 0.15) is 12.1 Å². The number of hydrogen-bond donors (Lipinski definition) is 2. The van der Waals surface area contributed by atoms with Crippen LogP contribution in [-0.2, 0) is 0 Å². The second-order valence-corrected chi connectivity index (χ2v) is 7.53. The normalized spacial score (nSPS) is 19.8. The highest BCUT2D eigenvalue weighted by Crippen LogP contribution is 2.38. The molecule has 0 bridgehead atoms. The van der Waals surface area contributed by atoms with Crippen LogP contribution >= 0.6 is 11.3 Å². The SMILES string of the molecule is c1ccc(-c2csc([C@@H]3CC[C@H](Nc4ncnc5[nH]ncc45)C3)n2)cc1. The molecule has 5 rings (SSSR count). The van der Waals surface area contributed by atoms with E-state index in [4.69, 9.17) is 4.98 Å². The standard InChI is InChI=1S/C19H18N6S/c1-2-4-12(5-3-1)16-10-26-19(24-16)13-6-7-14(8-13)23-17-15-9-22-25-18(15)21-11-20-17/h1-5,9-11,13-14H,6-8H2,(H2,20,21,22,23,25)/t13-,14+/m1/s1. The molecular formula is C19H18N6S. The fourth-order valence-electron chi connectivity index (χ4n) is 3.63. The van der Waals surface area contributed by atoms with Gasteiger partial charge in [-0.1, -0.05) is 30.3 Å². The average molecular weight is 362 g/mol. The van der Waals surface area contributed by atoms with Crippen LogP contribution in [0.4, 0.5) is 5.82 Å². The molecule has 0 aliphatic heterocycles. The van der Waals surface area contributed by atoms with Gasteiger partial charge in [-0.2, -0.15) is 5.10 Å². The van der Waals surface area contributed by atoms with Crippen molar-refractivity contribution in [3.63, 3.8) is 0 Å². The van der Waals surface area contributed by atoms with Crippen molar-refractivity contribution >= 4 is 28.2 Å². The van der Waals surface area contributed by atoms with E-state index in [1.807, 2.05) is 6.07 Å². The van der Waals surface area contributed by atoms with Gasteiger partial charge >= 0.3 is 0 Å². The predicted octanol–water partition coefficient (Wildman–Crippen LogP) is 4.22. The van der Waals surface area contributed by atoms with E-state index in [0.29, 0.717) is 12.0 Å². The van der Waals surface area contributed by atoms with Gasteiger partial charge in [-0.05, 0) is 19.3 Å². The lowest BCUT2D eigenvalue weighted by Gasteiger charge is -2.13. The summed E-state index contributed by atoms with van der Waals surface area (Å²) in [7, 11) is 0. The smallest absolute Gasteiger partial charge is 0.160 e. The number of fused-ring (bicyclic) bond motifs is 1. The Balaban J connectivity index is 1.30. The quantitative estimate of drug-likeness (QED) is 0.568. The molecule has 3 heterocycles. The number of H-pyrrole nitrogens is 1. The zero-order valence-electron chi connectivity index (χ0n) is 14.1. The van der Waals surface area contributed by atoms with Gasteiger partial charge in [0.15, 0.2) is 5.65 Å². The van der Waals surface area contributed by atoms with Crippen molar-refractivity contribution in [1.82, 2.24) is 25.1 Å². The van der Waals surface area contributed by atoms with Crippen molar-refractivity contribution in [2.24, 2.45) is 0 Å². The van der Waals surface area contributed by atoms with Crippen LogP contribution in [0.3, 0.4) is 0 Å². The van der Waals surface area contributed by atoms with Gasteiger partial charge < -0.3 is 5.32 Å². The number of nitrogens with zero attached hydrogens (tertiary/aromatic N) is 4. The molecule has 1 saturated carbocycles. The Hall–Kier alpha value is -2.80. The largest absolute Gasteiger partial charge is 0.367 e. The first-order valence-electron chi connectivity index (χ1n) is 8.78. The number of hydrogen-bond acceptors (Lipinski definition) is 6. The van der Waals surface area contributed by atoms with E-state index in [-0.39, 0.29) is 0 Å². The summed E-state index contributed by atoms with van der Waals surface area (Å²) in [6.45, 7) is 0. The number of thiazole rings is 1. The Labute approximate surface area is 154 Å². The van der Waals surface area contributed by atoms with E-state index < -0.39 is 0 Å². The minimum absolute atomic E-state index is 0.400. The molecule has 26 heavy (non-hydrogen) atoms. The highest BCUT2D eigenvalue weighted by Gasteiger charge is 2.28. The minimum Gasteiger partial charge on any atom is -0.367 e. The van der Waals surface area contributed by atoms with Crippen LogP contribution < -0.4 is 5.32 Å². The summed E-state index contributed by atoms with van der Waals surface area (Å²) in [5, 5.41) is 14.9. The molecule has 130 valence electrons. The lowest BCUT2D eigenvalue weighted by Crippen LogP contribution is -2.16. The molecule has 3 aromatic heterocycles. The molecule has 0 saturated heterocycles. The third kappa shape index (κ3) is 2.84. The summed E-state index contributed by atoms with van der Waals surface area (Å²) in [6.07, 6.45) is 6.69. The second-order valence-electron chi connectivity index (χ2n) is 6.64. The maximum Gasteiger partial charge on any atom is 0.160 e. The van der Waals surface area contributed by atoms with Crippen molar-refractivity contribution in [1.29, 1.82) is 0 Å². The lowest BCUT2D eigenvalue weighted by molar-refractivity contribution is 0.696. The Kier molecular flexibility index (Phi) is 3.86. The number of anilines is 1. The maximum atomic E-state index is 4.90. The van der Waals surface area contributed by atoms with Crippen LogP contribution in [0.15, 0.2) is 48.2 Å². The Morgan fingerprint density at radius 3 is 2.96 bits per heavy atom. The number of aromatic amines is 1. The van der Waals surface area contributed by atoms with E-state index in [9.17, 15) is 0 Å². The van der Waals surface area contributed by atoms with Crippen LogP contribution in [0.2, 0.25) is 0 Å². The van der Waals surface area contributed by atoms with E-state index in [2.05, 4.69) is 55.1 Å². The van der Waals surface area contributed by atoms with E-state index in [1.54, 1.807) is 23.9 Å². The summed E-state index contributed by atoms with van der Waals surface area (Å²) < 4.78 is 0. The van der Waals surface area contributed by atoms with Gasteiger partial charge in [0.25, 0.3) is 0 Å². The van der Waals surface area contributed by atoms with Gasteiger partial charge in [0.2, 0.25) is 0 Å². The molecule has 0 amide bonds. The summed E-state index contributed by atoms with van der Waals surface area (Å²) >= 11 is 1.77. The van der Waals surface area contributed by atoms with Crippen LogP contribution in [0.1, 0.15) is 30.2 Å². The van der Waals surface area contributed by atoms with Crippen LogP contribution in [0.5, 0.6) is 0 Å². The zero-order valence-corrected chi connectivity index (χ0v) is 14.9. The molecule has 1 fully saturated rings. The van der Waals surface area contributed by atoms with Gasteiger partial charge in [0, 0.05) is 22.9 Å². The fourth-order valence-corrected chi connectivity index (χ4v) is 4.61. The molecule has 0 unspecified atom stereocenters. The molecular weight excluding hydrogens is 344 g/mol. The van der Waals surface area contributed by atoms with Crippen molar-refractivity contribution in [2.45, 2.75) is 31.2 Å². The Bertz CT molecular complexity index is 1020. The highest BCUT2D eigenvalue weighted by atomic mass is 32.1. The third-order valence-electron chi connectivity index (χ3n) is 4.96. The van der Waals surface area contributed by atoms with Crippen LogP contribution in [0.25, 0.3) is 22.3 Å². The molecule has 7 heteroatoms.